The maximum absolute atomic E-state index is 12.2. The number of hydrogen-bond donors (Lipinski definition) is 1. The van der Waals surface area contributed by atoms with Crippen molar-refractivity contribution in [1.82, 2.24) is 4.72 Å². The largest absolute Gasteiger partial charge is 0.242 e. The van der Waals surface area contributed by atoms with Gasteiger partial charge in [0.25, 0.3) is 0 Å². The number of alkyl halides is 1. The molecule has 0 radical (unpaired) electrons. The van der Waals surface area contributed by atoms with Gasteiger partial charge in [0.2, 0.25) is 10.0 Å². The molecule has 0 bridgehead atoms. The summed E-state index contributed by atoms with van der Waals surface area (Å²) in [6.45, 7) is 0. The molecule has 0 atom stereocenters. The number of rotatable bonds is 3. The van der Waals surface area contributed by atoms with Gasteiger partial charge in [0.15, 0.2) is 0 Å². The van der Waals surface area contributed by atoms with Crippen molar-refractivity contribution in [3.63, 3.8) is 0 Å². The Kier molecular flexibility index (Phi) is 4.54. The number of sulfonamides is 1. The number of halogens is 2. The minimum Gasteiger partial charge on any atom is -0.208 e. The highest BCUT2D eigenvalue weighted by molar-refractivity contribution is 7.89. The van der Waals surface area contributed by atoms with E-state index in [0.717, 1.165) is 25.7 Å². The second-order valence-electron chi connectivity index (χ2n) is 4.50. The molecule has 100 valence electrons. The van der Waals surface area contributed by atoms with Crippen LogP contribution in [-0.4, -0.2) is 19.8 Å². The quantitative estimate of drug-likeness (QED) is 0.872. The summed E-state index contributed by atoms with van der Waals surface area (Å²) in [6, 6.07) is 6.42. The Balaban J connectivity index is 2.11. The second-order valence-corrected chi connectivity index (χ2v) is 7.21. The normalized spacial score (nSPS) is 25.0. The summed E-state index contributed by atoms with van der Waals surface area (Å²) in [4.78, 5) is 0.139. The number of hydrogen-bond acceptors (Lipinski definition) is 2. The number of nitrogens with one attached hydrogen (secondary N) is 1. The van der Waals surface area contributed by atoms with Crippen LogP contribution in [0.3, 0.4) is 0 Å². The molecule has 2 rings (SSSR count). The molecule has 0 saturated heterocycles. The summed E-state index contributed by atoms with van der Waals surface area (Å²) in [5, 5.41) is 0.419. The van der Waals surface area contributed by atoms with E-state index in [1.54, 1.807) is 18.2 Å². The molecular formula is C12H15Cl2NO2S. The fourth-order valence-electron chi connectivity index (χ4n) is 2.12. The number of benzene rings is 1. The summed E-state index contributed by atoms with van der Waals surface area (Å²) >= 11 is 11.9. The van der Waals surface area contributed by atoms with Crippen LogP contribution in [-0.2, 0) is 10.0 Å². The lowest BCUT2D eigenvalue weighted by Crippen LogP contribution is -2.37. The highest BCUT2D eigenvalue weighted by atomic mass is 35.5. The van der Waals surface area contributed by atoms with Crippen molar-refractivity contribution in [1.29, 1.82) is 0 Å². The molecule has 1 aromatic carbocycles. The third-order valence-corrected chi connectivity index (χ3v) is 5.56. The maximum atomic E-state index is 12.2. The van der Waals surface area contributed by atoms with Gasteiger partial charge in [-0.1, -0.05) is 23.7 Å². The zero-order chi connectivity index (χ0) is 13.2. The molecule has 1 aliphatic carbocycles. The van der Waals surface area contributed by atoms with Crippen LogP contribution in [0.25, 0.3) is 0 Å². The molecule has 1 fully saturated rings. The molecule has 0 unspecified atom stereocenters. The Bertz CT molecular complexity index is 511. The van der Waals surface area contributed by atoms with Gasteiger partial charge in [0.1, 0.15) is 4.90 Å². The van der Waals surface area contributed by atoms with Gasteiger partial charge in [-0.05, 0) is 37.8 Å². The Labute approximate surface area is 118 Å². The lowest BCUT2D eigenvalue weighted by Gasteiger charge is -2.25. The van der Waals surface area contributed by atoms with E-state index in [1.165, 1.54) is 6.07 Å². The Morgan fingerprint density at radius 2 is 1.72 bits per heavy atom. The monoisotopic (exact) mass is 307 g/mol. The van der Waals surface area contributed by atoms with E-state index in [1.807, 2.05) is 0 Å². The topological polar surface area (TPSA) is 46.2 Å². The average molecular weight is 308 g/mol. The van der Waals surface area contributed by atoms with E-state index in [-0.39, 0.29) is 21.3 Å². The third-order valence-electron chi connectivity index (χ3n) is 3.10. The molecule has 1 N–H and O–H groups in total. The van der Waals surface area contributed by atoms with Crippen LogP contribution in [0.1, 0.15) is 25.7 Å². The summed E-state index contributed by atoms with van der Waals surface area (Å²) in [7, 11) is -3.53. The van der Waals surface area contributed by atoms with Gasteiger partial charge in [0, 0.05) is 11.4 Å². The maximum Gasteiger partial charge on any atom is 0.242 e. The van der Waals surface area contributed by atoms with Gasteiger partial charge < -0.3 is 0 Å². The fraction of sp³-hybridized carbons (Fsp3) is 0.500. The minimum atomic E-state index is -3.53. The Morgan fingerprint density at radius 1 is 1.11 bits per heavy atom. The smallest absolute Gasteiger partial charge is 0.208 e. The Hall–Kier alpha value is -0.290. The highest BCUT2D eigenvalue weighted by Gasteiger charge is 2.25. The van der Waals surface area contributed by atoms with E-state index in [2.05, 4.69) is 4.72 Å². The van der Waals surface area contributed by atoms with Crippen molar-refractivity contribution in [2.45, 2.75) is 42.0 Å². The van der Waals surface area contributed by atoms with Crippen molar-refractivity contribution in [2.75, 3.05) is 0 Å². The first-order chi connectivity index (χ1) is 8.49. The van der Waals surface area contributed by atoms with Crippen molar-refractivity contribution in [3.05, 3.63) is 29.3 Å². The lowest BCUT2D eigenvalue weighted by molar-refractivity contribution is 0.416. The first kappa shape index (κ1) is 14.1. The summed E-state index contributed by atoms with van der Waals surface area (Å²) < 4.78 is 27.1. The third kappa shape index (κ3) is 3.38. The van der Waals surface area contributed by atoms with Crippen LogP contribution < -0.4 is 4.72 Å². The van der Waals surface area contributed by atoms with E-state index in [4.69, 9.17) is 23.2 Å². The van der Waals surface area contributed by atoms with Crippen molar-refractivity contribution in [2.24, 2.45) is 0 Å². The van der Waals surface area contributed by atoms with Crippen LogP contribution in [0, 0.1) is 0 Å². The summed E-state index contributed by atoms with van der Waals surface area (Å²) in [6.07, 6.45) is 3.24. The lowest BCUT2D eigenvalue weighted by atomic mass is 9.96. The van der Waals surface area contributed by atoms with Gasteiger partial charge in [-0.25, -0.2) is 13.1 Å². The molecule has 3 nitrogen and oxygen atoms in total. The van der Waals surface area contributed by atoms with Gasteiger partial charge in [-0.2, -0.15) is 0 Å². The first-order valence-electron chi connectivity index (χ1n) is 5.90. The van der Waals surface area contributed by atoms with Crippen molar-refractivity contribution in [3.8, 4) is 0 Å². The van der Waals surface area contributed by atoms with Gasteiger partial charge in [-0.3, -0.25) is 0 Å². The van der Waals surface area contributed by atoms with Gasteiger partial charge in [-0.15, -0.1) is 11.6 Å². The van der Waals surface area contributed by atoms with E-state index in [9.17, 15) is 8.42 Å². The molecule has 1 aliphatic rings. The summed E-state index contributed by atoms with van der Waals surface area (Å²) in [5.74, 6) is 0. The minimum absolute atomic E-state index is 0.0405. The molecule has 0 heterocycles. The molecule has 1 aromatic rings. The Morgan fingerprint density at radius 3 is 2.33 bits per heavy atom. The fourth-order valence-corrected chi connectivity index (χ4v) is 4.19. The van der Waals surface area contributed by atoms with Crippen LogP contribution in [0.2, 0.25) is 5.02 Å². The van der Waals surface area contributed by atoms with E-state index in [0.29, 0.717) is 0 Å². The molecule has 6 heteroatoms. The van der Waals surface area contributed by atoms with E-state index >= 15 is 0 Å². The van der Waals surface area contributed by atoms with Crippen LogP contribution in [0.5, 0.6) is 0 Å². The van der Waals surface area contributed by atoms with Crippen LogP contribution in [0.15, 0.2) is 29.2 Å². The molecule has 0 spiro atoms. The zero-order valence-electron chi connectivity index (χ0n) is 9.77. The predicted octanol–water partition coefficient (Wildman–Crippen LogP) is 3.17. The molecular weight excluding hydrogens is 293 g/mol. The van der Waals surface area contributed by atoms with Gasteiger partial charge >= 0.3 is 0 Å². The molecule has 0 aromatic heterocycles. The van der Waals surface area contributed by atoms with E-state index < -0.39 is 10.0 Å². The predicted molar refractivity (Wildman–Crippen MR) is 73.7 cm³/mol. The van der Waals surface area contributed by atoms with Crippen molar-refractivity contribution >= 4 is 33.2 Å². The molecule has 18 heavy (non-hydrogen) atoms. The molecule has 1 saturated carbocycles. The SMILES string of the molecule is O=S(=O)(NC1CCC(Cl)CC1)c1ccccc1Cl. The summed E-state index contributed by atoms with van der Waals surface area (Å²) in [5.41, 5.74) is 0. The second kappa shape index (κ2) is 5.78. The first-order valence-corrected chi connectivity index (χ1v) is 8.20. The zero-order valence-corrected chi connectivity index (χ0v) is 12.1. The van der Waals surface area contributed by atoms with Crippen LogP contribution >= 0.6 is 23.2 Å². The highest BCUT2D eigenvalue weighted by Crippen LogP contribution is 2.26. The molecule has 0 aliphatic heterocycles. The standard InChI is InChI=1S/C12H15Cl2NO2S/c13-9-5-7-10(8-6-9)15-18(16,17)12-4-2-1-3-11(12)14/h1-4,9-10,15H,5-8H2. The molecule has 0 amide bonds. The average Bonchev–Trinajstić information content (AvgIpc) is 2.32. The van der Waals surface area contributed by atoms with Crippen molar-refractivity contribution < 1.29 is 8.42 Å². The van der Waals surface area contributed by atoms with Gasteiger partial charge in [0.05, 0.1) is 5.02 Å². The van der Waals surface area contributed by atoms with Crippen LogP contribution in [0.4, 0.5) is 0 Å².